The van der Waals surface area contributed by atoms with Gasteiger partial charge < -0.3 is 35.6 Å². The van der Waals surface area contributed by atoms with Crippen LogP contribution in [0.15, 0.2) is 97.2 Å². The van der Waals surface area contributed by atoms with Gasteiger partial charge >= 0.3 is 17.9 Å². The largest absolute Gasteiger partial charge is 0.480 e. The average Bonchev–Trinajstić information content (AvgIpc) is 3.96. The van der Waals surface area contributed by atoms with Crippen LogP contribution in [0.25, 0.3) is 32.8 Å². The third-order valence-corrected chi connectivity index (χ3v) is 15.3. The predicted molar refractivity (Wildman–Crippen MR) is 300 cm³/mol. The number of rotatable bonds is 21. The molecule has 1 atom stereocenters. The number of fused-ring (bicyclic) bond motifs is 2. The third-order valence-electron chi connectivity index (χ3n) is 15.3. The number of benzene rings is 4. The number of nitrogens with zero attached hydrogens (tertiary/aromatic N) is 8. The summed E-state index contributed by atoms with van der Waals surface area (Å²) in [7, 11) is 0. The Morgan fingerprint density at radius 2 is 1.29 bits per heavy atom. The zero-order chi connectivity index (χ0) is 59.0. The van der Waals surface area contributed by atoms with Crippen molar-refractivity contribution in [2.45, 2.75) is 50.6 Å². The van der Waals surface area contributed by atoms with Crippen molar-refractivity contribution in [3.63, 3.8) is 0 Å². The molecule has 24 heteroatoms. The molecule has 22 nitrogen and oxygen atoms in total. The number of amides is 4. The van der Waals surface area contributed by atoms with Crippen LogP contribution < -0.4 is 20.8 Å². The number of aromatic nitrogens is 1. The molecule has 2 aliphatic heterocycles. The average molecular weight is 1150 g/mol. The molecule has 4 amide bonds. The van der Waals surface area contributed by atoms with E-state index >= 15 is 0 Å². The van der Waals surface area contributed by atoms with Gasteiger partial charge in [-0.25, -0.2) is 8.78 Å². The fourth-order valence-electron chi connectivity index (χ4n) is 10.8. The van der Waals surface area contributed by atoms with E-state index in [1.165, 1.54) is 12.3 Å². The lowest BCUT2D eigenvalue weighted by molar-refractivity contribution is -0.140. The zero-order valence-corrected chi connectivity index (χ0v) is 46.0. The van der Waals surface area contributed by atoms with E-state index in [4.69, 9.17) is 4.74 Å². The minimum absolute atomic E-state index is 0.00312. The number of nitriles is 1. The molecule has 4 aromatic carbocycles. The molecule has 1 aromatic heterocycles. The number of hydrazine groups is 1. The first kappa shape index (κ1) is 60.9. The number of nitrogens with one attached hydrogen (secondary N) is 3. The molecule has 1 saturated carbocycles. The van der Waals surface area contributed by atoms with Crippen molar-refractivity contribution in [1.82, 2.24) is 50.6 Å². The van der Waals surface area contributed by atoms with Crippen LogP contribution in [-0.2, 0) is 35.3 Å². The van der Waals surface area contributed by atoms with Gasteiger partial charge in [0.15, 0.2) is 6.73 Å². The van der Waals surface area contributed by atoms with Gasteiger partial charge in [-0.05, 0) is 95.5 Å². The van der Waals surface area contributed by atoms with Gasteiger partial charge in [-0.2, -0.15) is 10.3 Å². The second-order valence-electron chi connectivity index (χ2n) is 21.5. The van der Waals surface area contributed by atoms with Gasteiger partial charge in [0, 0.05) is 89.4 Å². The Bertz CT molecular complexity index is 3140. The van der Waals surface area contributed by atoms with Crippen molar-refractivity contribution in [1.29, 1.82) is 5.26 Å². The Kier molecular flexibility index (Phi) is 21.0. The summed E-state index contributed by atoms with van der Waals surface area (Å²) in [6, 6.07) is 28.7. The Labute approximate surface area is 478 Å². The first-order valence-electron chi connectivity index (χ1n) is 27.7. The van der Waals surface area contributed by atoms with Crippen LogP contribution in [0.2, 0.25) is 0 Å². The van der Waals surface area contributed by atoms with Crippen LogP contribution in [0, 0.1) is 23.2 Å². The Hall–Kier alpha value is -8.21. The smallest absolute Gasteiger partial charge is 0.317 e. The highest BCUT2D eigenvalue weighted by atomic mass is 19.3. The van der Waals surface area contributed by atoms with E-state index in [9.17, 15) is 62.9 Å². The number of likely N-dealkylation sites (tertiary alicyclic amines) is 1. The van der Waals surface area contributed by atoms with E-state index in [2.05, 4.69) is 27.1 Å². The Balaban J connectivity index is 0.853. The summed E-state index contributed by atoms with van der Waals surface area (Å²) in [6.45, 7) is 0.797. The number of alkyl halides is 2. The summed E-state index contributed by atoms with van der Waals surface area (Å²) in [5.41, 5.74) is 6.34. The predicted octanol–water partition coefficient (Wildman–Crippen LogP) is 3.81. The summed E-state index contributed by atoms with van der Waals surface area (Å²) in [4.78, 5) is 101. The first-order chi connectivity index (χ1) is 39.9. The number of carboxylic acid groups (broad SMARTS) is 3. The minimum atomic E-state index is -3.19. The van der Waals surface area contributed by atoms with Crippen molar-refractivity contribution in [3.05, 3.63) is 108 Å². The molecule has 5 aromatic rings. The monoisotopic (exact) mass is 1150 g/mol. The molecule has 0 bridgehead atoms. The van der Waals surface area contributed by atoms with E-state index in [0.29, 0.717) is 81.6 Å². The van der Waals surface area contributed by atoms with E-state index < -0.39 is 61.2 Å². The molecule has 1 aliphatic carbocycles. The van der Waals surface area contributed by atoms with Crippen molar-refractivity contribution >= 4 is 63.2 Å². The molecule has 440 valence electrons. The van der Waals surface area contributed by atoms with Gasteiger partial charge in [0.2, 0.25) is 17.7 Å². The molecule has 83 heavy (non-hydrogen) atoms. The van der Waals surface area contributed by atoms with Crippen LogP contribution in [-0.4, -0.2) is 208 Å². The van der Waals surface area contributed by atoms with Crippen LogP contribution in [0.1, 0.15) is 48.0 Å². The maximum Gasteiger partial charge on any atom is 0.317 e. The Morgan fingerprint density at radius 3 is 1.89 bits per heavy atom. The number of halogens is 2. The molecule has 0 spiro atoms. The second-order valence-corrected chi connectivity index (χ2v) is 21.5. The molecule has 2 saturated heterocycles. The van der Waals surface area contributed by atoms with Crippen molar-refractivity contribution in [2.24, 2.45) is 11.8 Å². The van der Waals surface area contributed by atoms with Crippen LogP contribution in [0.5, 0.6) is 5.75 Å². The van der Waals surface area contributed by atoms with Crippen molar-refractivity contribution in [3.8, 4) is 22.9 Å². The summed E-state index contributed by atoms with van der Waals surface area (Å²) in [5.74, 6) is -7.74. The fourth-order valence-corrected chi connectivity index (χ4v) is 10.8. The molecular weight excluding hydrogens is 1080 g/mol. The summed E-state index contributed by atoms with van der Waals surface area (Å²) < 4.78 is 34.3. The fraction of sp³-hybridized carbons (Fsp3) is 0.441. The molecule has 0 unspecified atom stereocenters. The van der Waals surface area contributed by atoms with Gasteiger partial charge in [0.1, 0.15) is 11.8 Å². The first-order valence-corrected chi connectivity index (χ1v) is 27.7. The van der Waals surface area contributed by atoms with Crippen LogP contribution >= 0.6 is 0 Å². The summed E-state index contributed by atoms with van der Waals surface area (Å²) >= 11 is 0. The van der Waals surface area contributed by atoms with Crippen LogP contribution in [0.3, 0.4) is 0 Å². The molecule has 6 N–H and O–H groups in total. The number of hydrogen-bond donors (Lipinski definition) is 6. The SMILES string of the molecule is N#C[C@@H]1CC(F)(F)CN1C(=O)CNC(=O)c1ccnc2ccc(-c3ccc(OCN(Cc4ccc5ccccc5c4)NC(=O)C4CCC(CNC(=O)CN5CCN(CC(=O)O)CCN(CC(=O)O)CCN(CC(=O)O)CC5)CC4)cc3)cc12. The van der Waals surface area contributed by atoms with E-state index in [-0.39, 0.29) is 88.3 Å². The van der Waals surface area contributed by atoms with Gasteiger partial charge in [-0.15, -0.1) is 0 Å². The van der Waals surface area contributed by atoms with Crippen LogP contribution in [0.4, 0.5) is 8.78 Å². The highest BCUT2D eigenvalue weighted by Crippen LogP contribution is 2.33. The highest BCUT2D eigenvalue weighted by molar-refractivity contribution is 6.07. The summed E-state index contributed by atoms with van der Waals surface area (Å²) in [5, 5.41) is 47.9. The lowest BCUT2D eigenvalue weighted by Crippen LogP contribution is -2.50. The zero-order valence-electron chi connectivity index (χ0n) is 46.0. The van der Waals surface area contributed by atoms with E-state index in [1.807, 2.05) is 59.5 Å². The Morgan fingerprint density at radius 1 is 0.699 bits per heavy atom. The number of pyridine rings is 1. The number of aliphatic carboxylic acids is 3. The minimum Gasteiger partial charge on any atom is -0.480 e. The molecule has 3 heterocycles. The molecule has 0 radical (unpaired) electrons. The molecular formula is C59H69F2N11O11. The summed E-state index contributed by atoms with van der Waals surface area (Å²) in [6.07, 6.45) is 3.28. The highest BCUT2D eigenvalue weighted by Gasteiger charge is 2.47. The quantitative estimate of drug-likeness (QED) is 0.0450. The molecule has 3 aliphatic rings. The second kappa shape index (κ2) is 28.7. The lowest BCUT2D eigenvalue weighted by Gasteiger charge is -2.33. The van der Waals surface area contributed by atoms with Gasteiger partial charge in [-0.1, -0.05) is 54.6 Å². The van der Waals surface area contributed by atoms with Crippen molar-refractivity contribution in [2.75, 3.05) is 105 Å². The number of ether oxygens (including phenoxy) is 1. The van der Waals surface area contributed by atoms with Gasteiger partial charge in [0.05, 0.1) is 56.4 Å². The van der Waals surface area contributed by atoms with E-state index in [0.717, 1.165) is 32.4 Å². The number of carbonyl (C=O) groups is 7. The number of carboxylic acids is 3. The molecule has 3 fully saturated rings. The van der Waals surface area contributed by atoms with E-state index in [1.54, 1.807) is 50.0 Å². The normalized spacial score (nSPS) is 19.5. The lowest BCUT2D eigenvalue weighted by atomic mass is 9.81. The standard InChI is InChI=1S/C59H69F2N11O11/c60-59(61)29-47(30-62)72(38-59)53(74)32-65-58(82)49-17-18-63-51-16-13-46(28-50(49)51)43-11-14-48(15-12-43)83-39-71(33-41-7-8-42-3-1-2-4-45(42)27-41)66-57(81)44-9-5-40(6-10-44)31-64-52(73)34-67-19-21-68(35-54(75)76)23-25-70(37-56(79)80)26-24-69(22-20-67)36-55(77)78/h1-4,7-8,11-18,27-28,40,44,47H,5-6,9-10,19-26,29,31-39H2,(H,64,73)(H,65,82)(H,66,81)(H,75,76)(H,77,78)(H,79,80)/t40?,44?,47-/m0/s1. The maximum atomic E-state index is 14.0. The van der Waals surface area contributed by atoms with Gasteiger partial charge in [0.25, 0.3) is 11.8 Å². The molecule has 8 rings (SSSR count). The number of hydrogen-bond acceptors (Lipinski definition) is 15. The number of carbonyl (C=O) groups excluding carboxylic acids is 4. The van der Waals surface area contributed by atoms with Crippen molar-refractivity contribution < 1.29 is 62.4 Å². The topological polar surface area (TPSA) is 282 Å². The van der Waals surface area contributed by atoms with Gasteiger partial charge in [-0.3, -0.25) is 63.6 Å². The third kappa shape index (κ3) is 17.9. The maximum absolute atomic E-state index is 14.0.